The molecule has 1 N–H and O–H groups in total. The van der Waals surface area contributed by atoms with Crippen molar-refractivity contribution in [3.63, 3.8) is 0 Å². The van der Waals surface area contributed by atoms with Crippen LogP contribution >= 0.6 is 0 Å². The molecule has 1 aromatic heterocycles. The molecule has 1 aliphatic heterocycles. The molecular formula is C15H26N4. The average Bonchev–Trinajstić information content (AvgIpc) is 2.38. The molecule has 4 heteroatoms. The van der Waals surface area contributed by atoms with Crippen molar-refractivity contribution in [3.05, 3.63) is 24.0 Å². The fraction of sp³-hybridized carbons (Fsp3) is 0.667. The maximum atomic E-state index is 4.45. The molecule has 1 fully saturated rings. The molecule has 0 aromatic carbocycles. The molecular weight excluding hydrogens is 236 g/mol. The van der Waals surface area contributed by atoms with Gasteiger partial charge in [-0.3, -0.25) is 14.8 Å². The summed E-state index contributed by atoms with van der Waals surface area (Å²) in [5.74, 6) is 0. The Balaban J connectivity index is 1.88. The van der Waals surface area contributed by atoms with Crippen molar-refractivity contribution in [2.45, 2.75) is 32.9 Å². The summed E-state index contributed by atoms with van der Waals surface area (Å²) in [6, 6.07) is 4.14. The van der Waals surface area contributed by atoms with Gasteiger partial charge in [-0.1, -0.05) is 0 Å². The maximum absolute atomic E-state index is 4.45. The van der Waals surface area contributed by atoms with Crippen molar-refractivity contribution in [1.29, 1.82) is 0 Å². The highest BCUT2D eigenvalue weighted by molar-refractivity contribution is 5.42. The first-order chi connectivity index (χ1) is 8.99. The van der Waals surface area contributed by atoms with E-state index < -0.39 is 0 Å². The fourth-order valence-electron chi connectivity index (χ4n) is 2.53. The summed E-state index contributed by atoms with van der Waals surface area (Å²) < 4.78 is 0. The summed E-state index contributed by atoms with van der Waals surface area (Å²) in [6.07, 6.45) is 1.88. The van der Waals surface area contributed by atoms with Crippen LogP contribution in [0.5, 0.6) is 0 Å². The number of nitrogens with one attached hydrogen (secondary N) is 1. The van der Waals surface area contributed by atoms with Crippen molar-refractivity contribution in [2.24, 2.45) is 0 Å². The van der Waals surface area contributed by atoms with Crippen molar-refractivity contribution in [2.75, 3.05) is 38.5 Å². The molecule has 0 unspecified atom stereocenters. The van der Waals surface area contributed by atoms with E-state index in [0.29, 0.717) is 0 Å². The highest BCUT2D eigenvalue weighted by atomic mass is 15.3. The molecule has 19 heavy (non-hydrogen) atoms. The second-order valence-electron chi connectivity index (χ2n) is 6.22. The molecule has 0 amide bonds. The van der Waals surface area contributed by atoms with E-state index in [-0.39, 0.29) is 5.54 Å². The third-order valence-electron chi connectivity index (χ3n) is 3.81. The number of hydrogen-bond donors (Lipinski definition) is 1. The monoisotopic (exact) mass is 262 g/mol. The number of anilines is 1. The molecule has 0 spiro atoms. The van der Waals surface area contributed by atoms with E-state index in [1.807, 2.05) is 19.3 Å². The van der Waals surface area contributed by atoms with Crippen LogP contribution in [0.1, 0.15) is 26.5 Å². The summed E-state index contributed by atoms with van der Waals surface area (Å²) in [5, 5.41) is 3.16. The lowest BCUT2D eigenvalue weighted by atomic mass is 10.0. The van der Waals surface area contributed by atoms with Crippen LogP contribution in [0.25, 0.3) is 0 Å². The molecule has 1 aliphatic rings. The van der Waals surface area contributed by atoms with Crippen LogP contribution < -0.4 is 5.32 Å². The minimum atomic E-state index is 0.288. The van der Waals surface area contributed by atoms with Crippen LogP contribution in [-0.4, -0.2) is 53.5 Å². The largest absolute Gasteiger partial charge is 0.388 e. The predicted octanol–water partition coefficient (Wildman–Crippen LogP) is 2.04. The Morgan fingerprint density at radius 2 is 1.89 bits per heavy atom. The Labute approximate surface area is 116 Å². The fourth-order valence-corrected chi connectivity index (χ4v) is 2.53. The second kappa shape index (κ2) is 5.88. The zero-order valence-electron chi connectivity index (χ0n) is 12.6. The average molecular weight is 262 g/mol. The molecule has 0 saturated carbocycles. The van der Waals surface area contributed by atoms with Crippen molar-refractivity contribution in [1.82, 2.24) is 14.8 Å². The van der Waals surface area contributed by atoms with E-state index in [4.69, 9.17) is 0 Å². The van der Waals surface area contributed by atoms with Gasteiger partial charge in [0, 0.05) is 57.2 Å². The first-order valence-corrected chi connectivity index (χ1v) is 7.09. The summed E-state index contributed by atoms with van der Waals surface area (Å²) >= 11 is 0. The summed E-state index contributed by atoms with van der Waals surface area (Å²) in [6.45, 7) is 12.4. The third-order valence-corrected chi connectivity index (χ3v) is 3.81. The van der Waals surface area contributed by atoms with Gasteiger partial charge < -0.3 is 5.32 Å². The SMILES string of the molecule is CNc1ccnc(CN2CCN(C(C)(C)C)CC2)c1. The van der Waals surface area contributed by atoms with Gasteiger partial charge in [-0.15, -0.1) is 0 Å². The molecule has 1 saturated heterocycles. The minimum Gasteiger partial charge on any atom is -0.388 e. The zero-order valence-corrected chi connectivity index (χ0v) is 12.6. The van der Waals surface area contributed by atoms with Crippen molar-refractivity contribution >= 4 is 5.69 Å². The minimum absolute atomic E-state index is 0.288. The van der Waals surface area contributed by atoms with Crippen molar-refractivity contribution in [3.8, 4) is 0 Å². The van der Waals surface area contributed by atoms with Crippen LogP contribution in [0.3, 0.4) is 0 Å². The quantitative estimate of drug-likeness (QED) is 0.903. The lowest BCUT2D eigenvalue weighted by Crippen LogP contribution is -2.53. The number of piperazine rings is 1. The van der Waals surface area contributed by atoms with E-state index in [1.165, 1.54) is 0 Å². The molecule has 106 valence electrons. The van der Waals surface area contributed by atoms with Crippen molar-refractivity contribution < 1.29 is 0 Å². The number of pyridine rings is 1. The molecule has 2 heterocycles. The Kier molecular flexibility index (Phi) is 4.42. The van der Waals surface area contributed by atoms with Gasteiger partial charge in [0.2, 0.25) is 0 Å². The lowest BCUT2D eigenvalue weighted by Gasteiger charge is -2.42. The van der Waals surface area contributed by atoms with Gasteiger partial charge >= 0.3 is 0 Å². The Morgan fingerprint density at radius 1 is 1.21 bits per heavy atom. The van der Waals surface area contributed by atoms with Crippen LogP contribution in [0, 0.1) is 0 Å². The predicted molar refractivity (Wildman–Crippen MR) is 80.4 cm³/mol. The molecule has 0 bridgehead atoms. The standard InChI is InChI=1S/C15H26N4/c1-15(2,3)19-9-7-18(8-10-19)12-14-11-13(16-4)5-6-17-14/h5-6,11H,7-10,12H2,1-4H3,(H,16,17). The van der Waals surface area contributed by atoms with Gasteiger partial charge in [-0.25, -0.2) is 0 Å². The van der Waals surface area contributed by atoms with Gasteiger partial charge in [-0.05, 0) is 32.9 Å². The van der Waals surface area contributed by atoms with Crippen LogP contribution in [0.15, 0.2) is 18.3 Å². The number of rotatable bonds is 3. The smallest absolute Gasteiger partial charge is 0.0564 e. The summed E-state index contributed by atoms with van der Waals surface area (Å²) in [5.41, 5.74) is 2.57. The Hall–Kier alpha value is -1.13. The third kappa shape index (κ3) is 3.91. The van der Waals surface area contributed by atoms with Crippen LogP contribution in [0.2, 0.25) is 0 Å². The summed E-state index contributed by atoms with van der Waals surface area (Å²) in [4.78, 5) is 9.50. The number of hydrogen-bond acceptors (Lipinski definition) is 4. The topological polar surface area (TPSA) is 31.4 Å². The maximum Gasteiger partial charge on any atom is 0.0564 e. The van der Waals surface area contributed by atoms with E-state index in [1.54, 1.807) is 0 Å². The number of aromatic nitrogens is 1. The van der Waals surface area contributed by atoms with Crippen LogP contribution in [-0.2, 0) is 6.54 Å². The first kappa shape index (κ1) is 14.3. The van der Waals surface area contributed by atoms with Gasteiger partial charge in [0.1, 0.15) is 0 Å². The molecule has 2 rings (SSSR count). The Morgan fingerprint density at radius 3 is 2.47 bits per heavy atom. The normalized spacial score (nSPS) is 18.5. The highest BCUT2D eigenvalue weighted by Gasteiger charge is 2.25. The van der Waals surface area contributed by atoms with E-state index in [9.17, 15) is 0 Å². The van der Waals surface area contributed by atoms with E-state index in [0.717, 1.165) is 44.1 Å². The van der Waals surface area contributed by atoms with Gasteiger partial charge in [0.05, 0.1) is 5.69 Å². The van der Waals surface area contributed by atoms with Crippen LogP contribution in [0.4, 0.5) is 5.69 Å². The molecule has 0 aliphatic carbocycles. The number of nitrogens with zero attached hydrogens (tertiary/aromatic N) is 3. The second-order valence-corrected chi connectivity index (χ2v) is 6.22. The van der Waals surface area contributed by atoms with Gasteiger partial charge in [0.25, 0.3) is 0 Å². The zero-order chi connectivity index (χ0) is 13.9. The molecule has 0 atom stereocenters. The Bertz CT molecular complexity index is 403. The molecule has 4 nitrogen and oxygen atoms in total. The highest BCUT2D eigenvalue weighted by Crippen LogP contribution is 2.17. The molecule has 1 aromatic rings. The van der Waals surface area contributed by atoms with E-state index >= 15 is 0 Å². The van der Waals surface area contributed by atoms with E-state index in [2.05, 4.69) is 46.9 Å². The lowest BCUT2D eigenvalue weighted by molar-refractivity contribution is 0.0586. The van der Waals surface area contributed by atoms with Gasteiger partial charge in [0.15, 0.2) is 0 Å². The van der Waals surface area contributed by atoms with Gasteiger partial charge in [-0.2, -0.15) is 0 Å². The summed E-state index contributed by atoms with van der Waals surface area (Å²) in [7, 11) is 1.95. The molecule has 0 radical (unpaired) electrons. The first-order valence-electron chi connectivity index (χ1n) is 7.09.